The molecule has 1 aliphatic heterocycles. The van der Waals surface area contributed by atoms with E-state index in [1.165, 1.54) is 17.5 Å². The summed E-state index contributed by atoms with van der Waals surface area (Å²) in [6, 6.07) is 4.92. The van der Waals surface area contributed by atoms with Crippen molar-refractivity contribution in [1.82, 2.24) is 25.2 Å². The fourth-order valence-electron chi connectivity index (χ4n) is 5.48. The Morgan fingerprint density at radius 3 is 2.49 bits per heavy atom. The number of rotatable bonds is 8. The number of nitrogens with one attached hydrogen (secondary N) is 1. The van der Waals surface area contributed by atoms with Crippen LogP contribution in [0.1, 0.15) is 80.9 Å². The minimum atomic E-state index is -1.20. The number of hydrogen-bond acceptors (Lipinski definition) is 6. The van der Waals surface area contributed by atoms with Crippen LogP contribution in [0, 0.1) is 5.92 Å². The lowest BCUT2D eigenvalue weighted by atomic mass is 9.84. The molecule has 0 bridgehead atoms. The van der Waals surface area contributed by atoms with E-state index < -0.39 is 23.6 Å². The zero-order valence-electron chi connectivity index (χ0n) is 21.3. The summed E-state index contributed by atoms with van der Waals surface area (Å²) >= 11 is 3.37. The number of likely N-dealkylation sites (tertiary alicyclic amines) is 1. The van der Waals surface area contributed by atoms with Gasteiger partial charge in [0, 0.05) is 23.0 Å². The quantitative estimate of drug-likeness (QED) is 0.442. The minimum Gasteiger partial charge on any atom is -0.384 e. The highest BCUT2D eigenvalue weighted by Crippen LogP contribution is 2.33. The Hall–Kier alpha value is -2.79. The lowest BCUT2D eigenvalue weighted by Crippen LogP contribution is -2.53. The average Bonchev–Trinajstić information content (AvgIpc) is 3.52. The molecule has 1 saturated carbocycles. The average molecular weight is 576 g/mol. The third kappa shape index (κ3) is 6.38. The van der Waals surface area contributed by atoms with Crippen molar-refractivity contribution in [1.29, 1.82) is 0 Å². The predicted molar refractivity (Wildman–Crippen MR) is 140 cm³/mol. The van der Waals surface area contributed by atoms with Crippen LogP contribution in [0.4, 0.5) is 0 Å². The summed E-state index contributed by atoms with van der Waals surface area (Å²) in [4.78, 5) is 41.0. The molecule has 4 rings (SSSR count). The van der Waals surface area contributed by atoms with E-state index in [4.69, 9.17) is 5.73 Å². The minimum absolute atomic E-state index is 0.175. The number of nitrogens with two attached hydrogens (primary N) is 1. The van der Waals surface area contributed by atoms with Crippen LogP contribution >= 0.6 is 15.9 Å². The van der Waals surface area contributed by atoms with Crippen LogP contribution in [0.25, 0.3) is 0 Å². The molecule has 11 heteroatoms. The van der Waals surface area contributed by atoms with Gasteiger partial charge in [0.1, 0.15) is 17.7 Å². The Morgan fingerprint density at radius 2 is 1.86 bits per heavy atom. The summed E-state index contributed by atoms with van der Waals surface area (Å²) in [5.74, 6) is -0.965. The van der Waals surface area contributed by atoms with E-state index >= 15 is 0 Å². The van der Waals surface area contributed by atoms with Gasteiger partial charge >= 0.3 is 0 Å². The van der Waals surface area contributed by atoms with E-state index in [1.54, 1.807) is 42.8 Å². The van der Waals surface area contributed by atoms with Crippen molar-refractivity contribution in [3.8, 4) is 0 Å². The standard InChI is InChI=1S/C26H35BrN6O4/c1-26(2,37)22-14-29-31-33(22)19-13-21(23(28)34)32(15-19)25(36)20(12-16-6-4-3-5-7-16)30-24(35)17-8-10-18(27)11-9-17/h8-11,14,16,19-21,37H,3-7,12-13,15H2,1-2H3,(H2,28,34)(H,30,35)/t19?,20-,21?/m1/s1. The Morgan fingerprint density at radius 1 is 1.19 bits per heavy atom. The zero-order chi connectivity index (χ0) is 26.7. The number of primary amides is 1. The van der Waals surface area contributed by atoms with Crippen LogP contribution in [-0.2, 0) is 15.2 Å². The second kappa shape index (κ2) is 11.3. The van der Waals surface area contributed by atoms with Crippen molar-refractivity contribution < 1.29 is 19.5 Å². The van der Waals surface area contributed by atoms with Gasteiger partial charge in [0.05, 0.1) is 17.9 Å². The first kappa shape index (κ1) is 27.3. The number of amides is 3. The van der Waals surface area contributed by atoms with Gasteiger partial charge in [-0.25, -0.2) is 4.68 Å². The molecule has 1 aromatic heterocycles. The van der Waals surface area contributed by atoms with E-state index in [-0.39, 0.29) is 30.8 Å². The molecular formula is C26H35BrN6O4. The maximum absolute atomic E-state index is 14.0. The molecule has 4 N–H and O–H groups in total. The van der Waals surface area contributed by atoms with Gasteiger partial charge in [0.25, 0.3) is 5.91 Å². The molecule has 1 aliphatic carbocycles. The number of benzene rings is 1. The Balaban J connectivity index is 1.58. The van der Waals surface area contributed by atoms with Crippen molar-refractivity contribution >= 4 is 33.7 Å². The molecule has 0 radical (unpaired) electrons. The maximum Gasteiger partial charge on any atom is 0.251 e. The van der Waals surface area contributed by atoms with Gasteiger partial charge in [-0.1, -0.05) is 53.2 Å². The SMILES string of the molecule is CC(C)(O)c1cnnn1C1CC(C(N)=O)N(C(=O)[C@@H](CC2CCCCC2)NC(=O)c2ccc(Br)cc2)C1. The first-order valence-corrected chi connectivity index (χ1v) is 13.6. The Labute approximate surface area is 225 Å². The monoisotopic (exact) mass is 574 g/mol. The number of nitrogens with zero attached hydrogens (tertiary/aromatic N) is 4. The highest BCUT2D eigenvalue weighted by Gasteiger charge is 2.44. The van der Waals surface area contributed by atoms with Gasteiger partial charge in [0.15, 0.2) is 0 Å². The number of aromatic nitrogens is 3. The smallest absolute Gasteiger partial charge is 0.251 e. The lowest BCUT2D eigenvalue weighted by Gasteiger charge is -2.31. The molecule has 200 valence electrons. The van der Waals surface area contributed by atoms with Crippen molar-refractivity contribution in [3.63, 3.8) is 0 Å². The third-order valence-electron chi connectivity index (χ3n) is 7.44. The van der Waals surface area contributed by atoms with E-state index in [0.29, 0.717) is 23.6 Å². The molecule has 2 heterocycles. The number of carbonyl (C=O) groups is 3. The predicted octanol–water partition coefficient (Wildman–Crippen LogP) is 2.66. The summed E-state index contributed by atoms with van der Waals surface area (Å²) in [6.45, 7) is 3.43. The molecule has 1 aromatic carbocycles. The molecule has 10 nitrogen and oxygen atoms in total. The van der Waals surface area contributed by atoms with Crippen molar-refractivity contribution in [2.75, 3.05) is 6.54 Å². The fraction of sp³-hybridized carbons (Fsp3) is 0.577. The van der Waals surface area contributed by atoms with E-state index in [9.17, 15) is 19.5 Å². The normalized spacial score (nSPS) is 21.6. The fourth-order valence-corrected chi connectivity index (χ4v) is 5.74. The lowest BCUT2D eigenvalue weighted by molar-refractivity contribution is -0.139. The topological polar surface area (TPSA) is 143 Å². The van der Waals surface area contributed by atoms with Crippen molar-refractivity contribution in [3.05, 3.63) is 46.2 Å². The molecule has 2 aliphatic rings. The summed E-state index contributed by atoms with van der Waals surface area (Å²) in [5, 5.41) is 21.6. The summed E-state index contributed by atoms with van der Waals surface area (Å²) in [6.07, 6.45) is 7.65. The molecule has 1 saturated heterocycles. The van der Waals surface area contributed by atoms with Crippen LogP contribution in [0.3, 0.4) is 0 Å². The molecule has 2 unspecified atom stereocenters. The van der Waals surface area contributed by atoms with Crippen molar-refractivity contribution in [2.45, 2.75) is 82.5 Å². The number of aliphatic hydroxyl groups is 1. The van der Waals surface area contributed by atoms with Gasteiger partial charge in [-0.2, -0.15) is 0 Å². The van der Waals surface area contributed by atoms with Gasteiger partial charge in [-0.15, -0.1) is 5.10 Å². The van der Waals surface area contributed by atoms with E-state index in [1.807, 2.05) is 0 Å². The second-order valence-electron chi connectivity index (χ2n) is 10.7. The maximum atomic E-state index is 14.0. The Bertz CT molecular complexity index is 1120. The van der Waals surface area contributed by atoms with E-state index in [2.05, 4.69) is 31.6 Å². The molecule has 37 heavy (non-hydrogen) atoms. The molecular weight excluding hydrogens is 540 g/mol. The van der Waals surface area contributed by atoms with Crippen LogP contribution in [-0.4, -0.2) is 61.4 Å². The van der Waals surface area contributed by atoms with E-state index in [0.717, 1.165) is 30.2 Å². The number of halogens is 1. The summed E-state index contributed by atoms with van der Waals surface area (Å²) in [5.41, 5.74) is 5.47. The van der Waals surface area contributed by atoms with Crippen molar-refractivity contribution in [2.24, 2.45) is 11.7 Å². The Kier molecular flexibility index (Phi) is 8.33. The molecule has 3 atom stereocenters. The van der Waals surface area contributed by atoms with Crippen LogP contribution < -0.4 is 11.1 Å². The molecule has 0 spiro atoms. The molecule has 3 amide bonds. The largest absolute Gasteiger partial charge is 0.384 e. The van der Waals surface area contributed by atoms with Crippen LogP contribution in [0.15, 0.2) is 34.9 Å². The van der Waals surface area contributed by atoms with Crippen LogP contribution in [0.2, 0.25) is 0 Å². The van der Waals surface area contributed by atoms with Gasteiger partial charge in [0.2, 0.25) is 11.8 Å². The number of carbonyl (C=O) groups excluding carboxylic acids is 3. The second-order valence-corrected chi connectivity index (χ2v) is 11.6. The number of hydrogen-bond donors (Lipinski definition) is 3. The molecule has 2 aromatic rings. The highest BCUT2D eigenvalue weighted by atomic mass is 79.9. The van der Waals surface area contributed by atoms with Gasteiger partial charge in [-0.3, -0.25) is 14.4 Å². The highest BCUT2D eigenvalue weighted by molar-refractivity contribution is 9.10. The van der Waals surface area contributed by atoms with Gasteiger partial charge < -0.3 is 21.1 Å². The summed E-state index contributed by atoms with van der Waals surface area (Å²) < 4.78 is 2.42. The first-order valence-electron chi connectivity index (χ1n) is 12.8. The summed E-state index contributed by atoms with van der Waals surface area (Å²) in [7, 11) is 0. The molecule has 2 fully saturated rings. The van der Waals surface area contributed by atoms with Gasteiger partial charge in [-0.05, 0) is 50.5 Å². The van der Waals surface area contributed by atoms with Crippen LogP contribution in [0.5, 0.6) is 0 Å². The third-order valence-corrected chi connectivity index (χ3v) is 7.97. The first-order chi connectivity index (χ1) is 17.5. The zero-order valence-corrected chi connectivity index (χ0v) is 22.9.